The minimum atomic E-state index is -0.464. The third-order valence-electron chi connectivity index (χ3n) is 3.17. The molecule has 0 amide bonds. The second-order valence-electron chi connectivity index (χ2n) is 4.78. The maximum atomic E-state index is 12.0. The van der Waals surface area contributed by atoms with Crippen molar-refractivity contribution in [2.45, 2.75) is 18.9 Å². The molecule has 2 aromatic heterocycles. The number of H-pyrrole nitrogens is 1. The third-order valence-corrected chi connectivity index (χ3v) is 3.17. The SMILES string of the molecule is COc1cncc(-c2nc(NC3CC3)[nH]c(=O)c2C#N)c1. The van der Waals surface area contributed by atoms with Gasteiger partial charge in [0.1, 0.15) is 17.4 Å². The second kappa shape index (κ2) is 5.25. The van der Waals surface area contributed by atoms with Gasteiger partial charge in [0.05, 0.1) is 19.0 Å². The fourth-order valence-electron chi connectivity index (χ4n) is 1.94. The number of anilines is 1. The van der Waals surface area contributed by atoms with Crippen molar-refractivity contribution in [3.05, 3.63) is 34.4 Å². The van der Waals surface area contributed by atoms with Crippen molar-refractivity contribution < 1.29 is 4.74 Å². The first kappa shape index (κ1) is 13.1. The van der Waals surface area contributed by atoms with Crippen LogP contribution in [0.3, 0.4) is 0 Å². The molecule has 1 aliphatic rings. The fourth-order valence-corrected chi connectivity index (χ4v) is 1.94. The number of nitriles is 1. The van der Waals surface area contributed by atoms with Gasteiger partial charge in [-0.3, -0.25) is 14.8 Å². The highest BCUT2D eigenvalue weighted by molar-refractivity contribution is 5.67. The summed E-state index contributed by atoms with van der Waals surface area (Å²) in [5.41, 5.74) is 0.367. The Hall–Kier alpha value is -2.88. The summed E-state index contributed by atoms with van der Waals surface area (Å²) >= 11 is 0. The number of nitrogens with one attached hydrogen (secondary N) is 2. The van der Waals surface area contributed by atoms with Gasteiger partial charge in [0.15, 0.2) is 0 Å². The van der Waals surface area contributed by atoms with Gasteiger partial charge >= 0.3 is 0 Å². The van der Waals surface area contributed by atoms with E-state index in [2.05, 4.69) is 20.3 Å². The molecule has 7 heteroatoms. The first-order chi connectivity index (χ1) is 10.2. The lowest BCUT2D eigenvalue weighted by Gasteiger charge is -2.08. The summed E-state index contributed by atoms with van der Waals surface area (Å²) < 4.78 is 5.11. The van der Waals surface area contributed by atoms with E-state index in [1.54, 1.807) is 18.5 Å². The van der Waals surface area contributed by atoms with Gasteiger partial charge in [0.2, 0.25) is 5.95 Å². The lowest BCUT2D eigenvalue weighted by molar-refractivity contribution is 0.413. The van der Waals surface area contributed by atoms with Gasteiger partial charge in [-0.25, -0.2) is 4.98 Å². The summed E-state index contributed by atoms with van der Waals surface area (Å²) in [6, 6.07) is 3.93. The van der Waals surface area contributed by atoms with Gasteiger partial charge in [-0.05, 0) is 18.9 Å². The maximum Gasteiger partial charge on any atom is 0.270 e. The number of methoxy groups -OCH3 is 1. The minimum Gasteiger partial charge on any atom is -0.495 e. The van der Waals surface area contributed by atoms with Crippen LogP contribution in [-0.4, -0.2) is 28.1 Å². The van der Waals surface area contributed by atoms with E-state index in [0.29, 0.717) is 29.0 Å². The highest BCUT2D eigenvalue weighted by Gasteiger charge is 2.23. The third kappa shape index (κ3) is 2.69. The fraction of sp³-hybridized carbons (Fsp3) is 0.286. The van der Waals surface area contributed by atoms with Gasteiger partial charge in [-0.1, -0.05) is 0 Å². The topological polar surface area (TPSA) is 104 Å². The highest BCUT2D eigenvalue weighted by atomic mass is 16.5. The molecule has 3 rings (SSSR count). The average molecular weight is 283 g/mol. The molecule has 1 aliphatic carbocycles. The molecule has 0 saturated heterocycles. The van der Waals surface area contributed by atoms with Gasteiger partial charge in [-0.2, -0.15) is 5.26 Å². The Morgan fingerprint density at radius 3 is 2.95 bits per heavy atom. The molecule has 0 aliphatic heterocycles. The maximum absolute atomic E-state index is 12.0. The van der Waals surface area contributed by atoms with Crippen LogP contribution in [0.4, 0.5) is 5.95 Å². The molecule has 0 aromatic carbocycles. The minimum absolute atomic E-state index is 0.0357. The molecule has 2 aromatic rings. The molecule has 0 spiro atoms. The van der Waals surface area contributed by atoms with Crippen LogP contribution < -0.4 is 15.6 Å². The van der Waals surface area contributed by atoms with E-state index in [-0.39, 0.29) is 5.56 Å². The molecule has 0 atom stereocenters. The van der Waals surface area contributed by atoms with Crippen molar-refractivity contribution in [3.63, 3.8) is 0 Å². The second-order valence-corrected chi connectivity index (χ2v) is 4.78. The van der Waals surface area contributed by atoms with Crippen LogP contribution in [0.15, 0.2) is 23.3 Å². The first-order valence-electron chi connectivity index (χ1n) is 6.51. The van der Waals surface area contributed by atoms with Crippen LogP contribution in [0.2, 0.25) is 0 Å². The van der Waals surface area contributed by atoms with Gasteiger partial charge < -0.3 is 10.1 Å². The zero-order valence-corrected chi connectivity index (χ0v) is 11.4. The molecule has 2 N–H and O–H groups in total. The Bertz CT molecular complexity index is 774. The smallest absolute Gasteiger partial charge is 0.270 e. The van der Waals surface area contributed by atoms with E-state index >= 15 is 0 Å². The molecule has 106 valence electrons. The number of hydrogen-bond acceptors (Lipinski definition) is 6. The number of aromatic amines is 1. The number of nitrogens with zero attached hydrogens (tertiary/aromatic N) is 3. The molecule has 0 bridgehead atoms. The predicted octanol–water partition coefficient (Wildman–Crippen LogP) is 1.29. The van der Waals surface area contributed by atoms with Crippen LogP contribution in [-0.2, 0) is 0 Å². The van der Waals surface area contributed by atoms with Crippen molar-refractivity contribution in [1.82, 2.24) is 15.0 Å². The Morgan fingerprint density at radius 2 is 2.29 bits per heavy atom. The lowest BCUT2D eigenvalue weighted by atomic mass is 10.1. The first-order valence-corrected chi connectivity index (χ1v) is 6.51. The number of rotatable bonds is 4. The van der Waals surface area contributed by atoms with E-state index < -0.39 is 5.56 Å². The predicted molar refractivity (Wildman–Crippen MR) is 76.0 cm³/mol. The Kier molecular flexibility index (Phi) is 3.28. The molecule has 1 fully saturated rings. The van der Waals surface area contributed by atoms with Crippen molar-refractivity contribution in [1.29, 1.82) is 5.26 Å². The van der Waals surface area contributed by atoms with Crippen LogP contribution in [0, 0.1) is 11.3 Å². The zero-order chi connectivity index (χ0) is 14.8. The van der Waals surface area contributed by atoms with Crippen molar-refractivity contribution in [2.75, 3.05) is 12.4 Å². The number of aromatic nitrogens is 3. The van der Waals surface area contributed by atoms with Crippen LogP contribution >= 0.6 is 0 Å². The van der Waals surface area contributed by atoms with E-state index in [4.69, 9.17) is 4.74 Å². The molecule has 1 saturated carbocycles. The summed E-state index contributed by atoms with van der Waals surface area (Å²) in [5.74, 6) is 0.912. The number of ether oxygens (including phenoxy) is 1. The van der Waals surface area contributed by atoms with Gasteiger partial charge in [0, 0.05) is 17.8 Å². The molecule has 7 nitrogen and oxygen atoms in total. The highest BCUT2D eigenvalue weighted by Crippen LogP contribution is 2.26. The molecular weight excluding hydrogens is 270 g/mol. The van der Waals surface area contributed by atoms with Gasteiger partial charge in [-0.15, -0.1) is 0 Å². The quantitative estimate of drug-likeness (QED) is 0.876. The summed E-state index contributed by atoms with van der Waals surface area (Å²) in [4.78, 5) is 23.0. The number of hydrogen-bond donors (Lipinski definition) is 2. The zero-order valence-electron chi connectivity index (χ0n) is 11.4. The van der Waals surface area contributed by atoms with Crippen molar-refractivity contribution in [3.8, 4) is 23.1 Å². The Labute approximate surface area is 120 Å². The van der Waals surface area contributed by atoms with Crippen molar-refractivity contribution >= 4 is 5.95 Å². The van der Waals surface area contributed by atoms with Crippen LogP contribution in [0.5, 0.6) is 5.75 Å². The summed E-state index contributed by atoms with van der Waals surface area (Å²) in [6.07, 6.45) is 5.21. The molecule has 21 heavy (non-hydrogen) atoms. The summed E-state index contributed by atoms with van der Waals surface area (Å²) in [5, 5.41) is 12.3. The van der Waals surface area contributed by atoms with E-state index in [0.717, 1.165) is 12.8 Å². The van der Waals surface area contributed by atoms with E-state index in [1.807, 2.05) is 6.07 Å². The molecular formula is C14H13N5O2. The summed E-state index contributed by atoms with van der Waals surface area (Å²) in [7, 11) is 1.53. The lowest BCUT2D eigenvalue weighted by Crippen LogP contribution is -2.18. The standard InChI is InChI=1S/C14H13N5O2/c1-21-10-4-8(6-16-7-10)12-11(5-15)13(20)19-14(18-12)17-9-2-3-9/h4,6-7,9H,2-3H2,1H3,(H2,17,18,19,20). The monoisotopic (exact) mass is 283 g/mol. The van der Waals surface area contributed by atoms with Crippen LogP contribution in [0.25, 0.3) is 11.3 Å². The number of pyridine rings is 1. The van der Waals surface area contributed by atoms with Crippen molar-refractivity contribution in [2.24, 2.45) is 0 Å². The molecule has 0 unspecified atom stereocenters. The molecule has 0 radical (unpaired) electrons. The largest absolute Gasteiger partial charge is 0.495 e. The molecule has 2 heterocycles. The summed E-state index contributed by atoms with van der Waals surface area (Å²) in [6.45, 7) is 0. The van der Waals surface area contributed by atoms with Crippen LogP contribution in [0.1, 0.15) is 18.4 Å². The average Bonchev–Trinajstić information content (AvgIpc) is 3.30. The van der Waals surface area contributed by atoms with E-state index in [9.17, 15) is 10.1 Å². The normalized spacial score (nSPS) is 13.5. The van der Waals surface area contributed by atoms with E-state index in [1.165, 1.54) is 7.11 Å². The van der Waals surface area contributed by atoms with Gasteiger partial charge in [0.25, 0.3) is 5.56 Å². The Balaban J connectivity index is 2.11. The Morgan fingerprint density at radius 1 is 1.48 bits per heavy atom.